The van der Waals surface area contributed by atoms with Crippen LogP contribution in [0.4, 0.5) is 4.79 Å². The lowest BCUT2D eigenvalue weighted by Crippen LogP contribution is -2.53. The smallest absolute Gasteiger partial charge is 0.338 e. The van der Waals surface area contributed by atoms with Crippen LogP contribution in [0, 0.1) is 5.92 Å². The Bertz CT molecular complexity index is 921. The van der Waals surface area contributed by atoms with Crippen LogP contribution >= 0.6 is 0 Å². The maximum Gasteiger partial charge on any atom is 0.338 e. The van der Waals surface area contributed by atoms with Crippen LogP contribution in [0.2, 0.25) is 0 Å². The topological polar surface area (TPSA) is 91.4 Å². The third kappa shape index (κ3) is 5.47. The summed E-state index contributed by atoms with van der Waals surface area (Å²) in [5.74, 6) is 0.289. The van der Waals surface area contributed by atoms with Gasteiger partial charge in [-0.2, -0.15) is 0 Å². The minimum atomic E-state index is -0.651. The van der Waals surface area contributed by atoms with Gasteiger partial charge in [-0.05, 0) is 24.6 Å². The van der Waals surface area contributed by atoms with Crippen LogP contribution in [-0.2, 0) is 14.3 Å². The Morgan fingerprint density at radius 3 is 2.48 bits per heavy atom. The van der Waals surface area contributed by atoms with Gasteiger partial charge in [0, 0.05) is 51.4 Å². The predicted octanol–water partition coefficient (Wildman–Crippen LogP) is 2.01. The monoisotopic (exact) mass is 458 g/mol. The van der Waals surface area contributed by atoms with Gasteiger partial charge in [0.2, 0.25) is 5.91 Å². The third-order valence-corrected chi connectivity index (χ3v) is 6.05. The van der Waals surface area contributed by atoms with Gasteiger partial charge >= 0.3 is 12.0 Å². The van der Waals surface area contributed by atoms with Crippen LogP contribution in [0.1, 0.15) is 32.4 Å². The third-order valence-electron chi connectivity index (χ3n) is 6.05. The lowest BCUT2D eigenvalue weighted by Gasteiger charge is -2.40. The molecule has 1 aromatic rings. The predicted molar refractivity (Wildman–Crippen MR) is 124 cm³/mol. The fourth-order valence-corrected chi connectivity index (χ4v) is 4.17. The number of nitrogens with zero attached hydrogens (tertiary/aromatic N) is 3. The first kappa shape index (κ1) is 24.6. The van der Waals surface area contributed by atoms with E-state index in [1.165, 1.54) is 4.90 Å². The van der Waals surface area contributed by atoms with Gasteiger partial charge in [0.1, 0.15) is 5.75 Å². The summed E-state index contributed by atoms with van der Waals surface area (Å²) in [4.78, 5) is 43.8. The first-order chi connectivity index (χ1) is 15.8. The number of urea groups is 1. The van der Waals surface area contributed by atoms with Gasteiger partial charge < -0.3 is 19.7 Å². The van der Waals surface area contributed by atoms with Crippen LogP contribution in [0.25, 0.3) is 0 Å². The van der Waals surface area contributed by atoms with E-state index in [1.807, 2.05) is 43.0 Å². The molecule has 1 saturated heterocycles. The Labute approximate surface area is 195 Å². The zero-order valence-corrected chi connectivity index (χ0v) is 20.1. The van der Waals surface area contributed by atoms with Gasteiger partial charge in [-0.15, -0.1) is 0 Å². The zero-order chi connectivity index (χ0) is 24.1. The minimum absolute atomic E-state index is 0.0357. The molecule has 0 aliphatic carbocycles. The number of methoxy groups -OCH3 is 1. The summed E-state index contributed by atoms with van der Waals surface area (Å²) < 4.78 is 10.7. The summed E-state index contributed by atoms with van der Waals surface area (Å²) in [6.45, 7) is 8.77. The normalized spacial score (nSPS) is 19.6. The van der Waals surface area contributed by atoms with E-state index in [0.29, 0.717) is 49.7 Å². The number of amides is 3. The maximum absolute atomic E-state index is 13.1. The van der Waals surface area contributed by atoms with Crippen molar-refractivity contribution >= 4 is 17.9 Å². The molecule has 0 saturated carbocycles. The van der Waals surface area contributed by atoms with E-state index in [-0.39, 0.29) is 24.5 Å². The molecule has 9 nitrogen and oxygen atoms in total. The van der Waals surface area contributed by atoms with Gasteiger partial charge in [-0.3, -0.25) is 14.6 Å². The average molecular weight is 459 g/mol. The summed E-state index contributed by atoms with van der Waals surface area (Å²) in [5.41, 5.74) is 1.75. The molecule has 9 heteroatoms. The highest BCUT2D eigenvalue weighted by atomic mass is 16.5. The van der Waals surface area contributed by atoms with E-state index in [0.717, 1.165) is 5.56 Å². The second-order valence-electron chi connectivity index (χ2n) is 8.56. The van der Waals surface area contributed by atoms with Crippen molar-refractivity contribution in [2.45, 2.75) is 26.8 Å². The van der Waals surface area contributed by atoms with Gasteiger partial charge in [0.05, 0.1) is 25.3 Å². The number of ether oxygens (including phenoxy) is 2. The standard InChI is InChI=1S/C24H34N4O5/c1-6-33-23(30)20-19(15-27-10-12-28(13-11-27)22(29)16(2)3)26(4)24(31)25-21(20)17-8-7-9-18(14-17)32-5/h7-9,14,16,21H,6,10-13,15H2,1-5H3,(H,25,31). The molecule has 0 radical (unpaired) electrons. The largest absolute Gasteiger partial charge is 0.497 e. The van der Waals surface area contributed by atoms with Crippen molar-refractivity contribution in [3.05, 3.63) is 41.1 Å². The molecular formula is C24H34N4O5. The van der Waals surface area contributed by atoms with Crippen LogP contribution in [-0.4, -0.2) is 86.1 Å². The molecule has 1 fully saturated rings. The summed E-state index contributed by atoms with van der Waals surface area (Å²) >= 11 is 0. The van der Waals surface area contributed by atoms with E-state index in [1.54, 1.807) is 21.1 Å². The fourth-order valence-electron chi connectivity index (χ4n) is 4.17. The highest BCUT2D eigenvalue weighted by Crippen LogP contribution is 2.33. The number of carbonyl (C=O) groups excluding carboxylic acids is 3. The van der Waals surface area contributed by atoms with Crippen molar-refractivity contribution in [3.8, 4) is 5.75 Å². The molecule has 2 heterocycles. The van der Waals surface area contributed by atoms with Crippen LogP contribution in [0.3, 0.4) is 0 Å². The number of carbonyl (C=O) groups is 3. The van der Waals surface area contributed by atoms with Gasteiger partial charge in [-0.25, -0.2) is 9.59 Å². The van der Waals surface area contributed by atoms with Crippen LogP contribution in [0.15, 0.2) is 35.5 Å². The summed E-state index contributed by atoms with van der Waals surface area (Å²) in [7, 11) is 3.23. The van der Waals surface area contributed by atoms with Crippen molar-refractivity contribution in [1.82, 2.24) is 20.0 Å². The molecule has 180 valence electrons. The van der Waals surface area contributed by atoms with E-state index in [9.17, 15) is 14.4 Å². The van der Waals surface area contributed by atoms with Crippen molar-refractivity contribution < 1.29 is 23.9 Å². The van der Waals surface area contributed by atoms with Crippen molar-refractivity contribution in [2.24, 2.45) is 5.92 Å². The summed E-state index contributed by atoms with van der Waals surface area (Å²) in [6.07, 6.45) is 0. The quantitative estimate of drug-likeness (QED) is 0.629. The first-order valence-corrected chi connectivity index (χ1v) is 11.4. The molecular weight excluding hydrogens is 424 g/mol. The number of hydrogen-bond acceptors (Lipinski definition) is 6. The van der Waals surface area contributed by atoms with E-state index >= 15 is 0 Å². The summed E-state index contributed by atoms with van der Waals surface area (Å²) in [6, 6.07) is 6.36. The summed E-state index contributed by atoms with van der Waals surface area (Å²) in [5, 5.41) is 2.93. The highest BCUT2D eigenvalue weighted by Gasteiger charge is 2.38. The van der Waals surface area contributed by atoms with Gasteiger partial charge in [0.25, 0.3) is 0 Å². The molecule has 0 spiro atoms. The molecule has 0 aromatic heterocycles. The molecule has 1 atom stereocenters. The number of esters is 1. The molecule has 2 aliphatic rings. The number of likely N-dealkylation sites (N-methyl/N-ethyl adjacent to an activating group) is 1. The number of nitrogens with one attached hydrogen (secondary N) is 1. The van der Waals surface area contributed by atoms with Crippen molar-refractivity contribution in [2.75, 3.05) is 53.5 Å². The van der Waals surface area contributed by atoms with Gasteiger partial charge in [-0.1, -0.05) is 26.0 Å². The Hall–Kier alpha value is -3.07. The number of rotatable bonds is 7. The highest BCUT2D eigenvalue weighted by molar-refractivity contribution is 5.95. The van der Waals surface area contributed by atoms with E-state index in [4.69, 9.17) is 9.47 Å². The van der Waals surface area contributed by atoms with Gasteiger partial charge in [0.15, 0.2) is 0 Å². The Morgan fingerprint density at radius 2 is 1.88 bits per heavy atom. The Kier molecular flexibility index (Phi) is 7.97. The van der Waals surface area contributed by atoms with Crippen molar-refractivity contribution in [3.63, 3.8) is 0 Å². The minimum Gasteiger partial charge on any atom is -0.497 e. The molecule has 33 heavy (non-hydrogen) atoms. The van der Waals surface area contributed by atoms with E-state index < -0.39 is 12.0 Å². The maximum atomic E-state index is 13.1. The molecule has 1 unspecified atom stereocenters. The second kappa shape index (κ2) is 10.7. The molecule has 0 bridgehead atoms. The SMILES string of the molecule is CCOC(=O)C1=C(CN2CCN(C(=O)C(C)C)CC2)N(C)C(=O)NC1c1cccc(OC)c1. The molecule has 3 amide bonds. The first-order valence-electron chi connectivity index (χ1n) is 11.4. The number of piperazine rings is 1. The van der Waals surface area contributed by atoms with Crippen molar-refractivity contribution in [1.29, 1.82) is 0 Å². The second-order valence-corrected chi connectivity index (χ2v) is 8.56. The van der Waals surface area contributed by atoms with Crippen LogP contribution < -0.4 is 10.1 Å². The lowest BCUT2D eigenvalue weighted by molar-refractivity contribution is -0.139. The molecule has 2 aliphatic heterocycles. The fraction of sp³-hybridized carbons (Fsp3) is 0.542. The number of benzene rings is 1. The van der Waals surface area contributed by atoms with E-state index in [2.05, 4.69) is 10.2 Å². The molecule has 3 rings (SSSR count). The zero-order valence-electron chi connectivity index (χ0n) is 20.1. The lowest BCUT2D eigenvalue weighted by atomic mass is 9.94. The van der Waals surface area contributed by atoms with Crippen LogP contribution in [0.5, 0.6) is 5.75 Å². The Balaban J connectivity index is 1.92. The Morgan fingerprint density at radius 1 is 1.18 bits per heavy atom. The molecule has 1 aromatic carbocycles. The number of hydrogen-bond donors (Lipinski definition) is 1. The molecule has 1 N–H and O–H groups in total. The average Bonchev–Trinajstić information content (AvgIpc) is 2.81.